The highest BCUT2D eigenvalue weighted by atomic mass is 15.2. The minimum Gasteiger partial charge on any atom is -0.301 e. The first-order valence-electron chi connectivity index (χ1n) is 7.46. The van der Waals surface area contributed by atoms with Gasteiger partial charge in [-0.25, -0.2) is 0 Å². The second kappa shape index (κ2) is 4.89. The highest BCUT2D eigenvalue weighted by Crippen LogP contribution is 2.46. The minimum absolute atomic E-state index is 0.635. The molecule has 0 aromatic carbocycles. The van der Waals surface area contributed by atoms with Gasteiger partial charge in [-0.15, -0.1) is 0 Å². The van der Waals surface area contributed by atoms with E-state index in [9.17, 15) is 0 Å². The average Bonchev–Trinajstić information content (AvgIpc) is 2.58. The lowest BCUT2D eigenvalue weighted by molar-refractivity contribution is 0.0494. The summed E-state index contributed by atoms with van der Waals surface area (Å²) in [6.07, 6.45) is 4.25. The van der Waals surface area contributed by atoms with E-state index in [0.717, 1.165) is 12.1 Å². The SMILES string of the molecule is CC(C)N1CCC2(CC1)CCN(C(C)C)[C@@H]2C. The van der Waals surface area contributed by atoms with Crippen LogP contribution < -0.4 is 0 Å². The molecule has 0 saturated carbocycles. The Hall–Kier alpha value is -0.0800. The summed E-state index contributed by atoms with van der Waals surface area (Å²) in [5.41, 5.74) is 0.635. The van der Waals surface area contributed by atoms with Gasteiger partial charge in [-0.05, 0) is 78.9 Å². The van der Waals surface area contributed by atoms with Gasteiger partial charge in [0.2, 0.25) is 0 Å². The third-order valence-corrected chi connectivity index (χ3v) is 5.44. The zero-order valence-corrected chi connectivity index (χ0v) is 12.4. The van der Waals surface area contributed by atoms with Gasteiger partial charge in [-0.2, -0.15) is 0 Å². The van der Waals surface area contributed by atoms with Crippen LogP contribution in [0, 0.1) is 5.41 Å². The first-order valence-corrected chi connectivity index (χ1v) is 7.46. The van der Waals surface area contributed by atoms with E-state index in [4.69, 9.17) is 0 Å². The van der Waals surface area contributed by atoms with Gasteiger partial charge in [0.1, 0.15) is 0 Å². The first kappa shape index (κ1) is 13.4. The number of hydrogen-bond donors (Lipinski definition) is 0. The van der Waals surface area contributed by atoms with E-state index in [1.54, 1.807) is 0 Å². The summed E-state index contributed by atoms with van der Waals surface area (Å²) in [6.45, 7) is 15.8. The van der Waals surface area contributed by atoms with Crippen molar-refractivity contribution in [2.45, 2.75) is 72.0 Å². The zero-order chi connectivity index (χ0) is 12.6. The third-order valence-electron chi connectivity index (χ3n) is 5.44. The molecular weight excluding hydrogens is 208 g/mol. The predicted octanol–water partition coefficient (Wildman–Crippen LogP) is 2.98. The van der Waals surface area contributed by atoms with Crippen LogP contribution in [0.1, 0.15) is 53.9 Å². The van der Waals surface area contributed by atoms with Crippen molar-refractivity contribution < 1.29 is 0 Å². The van der Waals surface area contributed by atoms with Crippen molar-refractivity contribution in [3.8, 4) is 0 Å². The lowest BCUT2D eigenvalue weighted by Gasteiger charge is -2.45. The first-order chi connectivity index (χ1) is 7.96. The topological polar surface area (TPSA) is 6.48 Å². The highest BCUT2D eigenvalue weighted by molar-refractivity contribution is 5.00. The molecule has 2 rings (SSSR count). The molecule has 0 N–H and O–H groups in total. The van der Waals surface area contributed by atoms with Crippen LogP contribution in [-0.2, 0) is 0 Å². The van der Waals surface area contributed by atoms with Crippen molar-refractivity contribution in [1.29, 1.82) is 0 Å². The van der Waals surface area contributed by atoms with Crippen LogP contribution in [0.5, 0.6) is 0 Å². The number of piperidine rings is 1. The monoisotopic (exact) mass is 238 g/mol. The second-order valence-electron chi connectivity index (χ2n) is 6.75. The van der Waals surface area contributed by atoms with E-state index in [2.05, 4.69) is 44.4 Å². The summed E-state index contributed by atoms with van der Waals surface area (Å²) in [5, 5.41) is 0. The van der Waals surface area contributed by atoms with Crippen LogP contribution in [0.3, 0.4) is 0 Å². The summed E-state index contributed by atoms with van der Waals surface area (Å²) in [7, 11) is 0. The lowest BCUT2D eigenvalue weighted by atomic mass is 9.72. The standard InChI is InChI=1S/C15H30N2/c1-12(2)16-9-6-15(7-10-16)8-11-17(13(3)4)14(15)5/h12-14H,6-11H2,1-5H3/t14-/m1/s1. The van der Waals surface area contributed by atoms with E-state index >= 15 is 0 Å². The molecule has 0 amide bonds. The van der Waals surface area contributed by atoms with Gasteiger partial charge in [0, 0.05) is 18.1 Å². The quantitative estimate of drug-likeness (QED) is 0.730. The van der Waals surface area contributed by atoms with E-state index in [1.165, 1.54) is 38.9 Å². The van der Waals surface area contributed by atoms with Gasteiger partial charge in [-0.1, -0.05) is 0 Å². The van der Waals surface area contributed by atoms with Crippen molar-refractivity contribution >= 4 is 0 Å². The minimum atomic E-state index is 0.635. The van der Waals surface area contributed by atoms with Gasteiger partial charge in [0.05, 0.1) is 0 Å². The molecule has 2 nitrogen and oxygen atoms in total. The maximum atomic E-state index is 2.71. The fraction of sp³-hybridized carbons (Fsp3) is 1.00. The smallest absolute Gasteiger partial charge is 0.0127 e. The van der Waals surface area contributed by atoms with Gasteiger partial charge >= 0.3 is 0 Å². The molecule has 17 heavy (non-hydrogen) atoms. The molecule has 0 unspecified atom stereocenters. The lowest BCUT2D eigenvalue weighted by Crippen LogP contribution is -2.48. The third kappa shape index (κ3) is 2.39. The Kier molecular flexibility index (Phi) is 3.84. The van der Waals surface area contributed by atoms with Gasteiger partial charge < -0.3 is 4.90 Å². The molecule has 0 aromatic rings. The van der Waals surface area contributed by atoms with Gasteiger partial charge in [0.25, 0.3) is 0 Å². The Labute approximate surface area is 107 Å². The summed E-state index contributed by atoms with van der Waals surface area (Å²) in [5.74, 6) is 0. The molecule has 2 heterocycles. The molecule has 2 aliphatic rings. The molecule has 0 radical (unpaired) electrons. The molecule has 0 aromatic heterocycles. The van der Waals surface area contributed by atoms with Crippen molar-refractivity contribution in [3.05, 3.63) is 0 Å². The summed E-state index contributed by atoms with van der Waals surface area (Å²) in [4.78, 5) is 5.36. The van der Waals surface area contributed by atoms with Crippen LogP contribution >= 0.6 is 0 Å². The molecular formula is C15H30N2. The van der Waals surface area contributed by atoms with Crippen LogP contribution in [0.25, 0.3) is 0 Å². The normalized spacial score (nSPS) is 30.9. The van der Waals surface area contributed by atoms with Crippen LogP contribution in [0.4, 0.5) is 0 Å². The molecule has 2 aliphatic heterocycles. The number of nitrogens with zero attached hydrogens (tertiary/aromatic N) is 2. The number of likely N-dealkylation sites (tertiary alicyclic amines) is 2. The molecule has 2 heteroatoms. The van der Waals surface area contributed by atoms with Crippen LogP contribution in [0.2, 0.25) is 0 Å². The average molecular weight is 238 g/mol. The largest absolute Gasteiger partial charge is 0.301 e. The maximum absolute atomic E-state index is 2.71. The van der Waals surface area contributed by atoms with Crippen molar-refractivity contribution in [3.63, 3.8) is 0 Å². The fourth-order valence-corrected chi connectivity index (χ4v) is 3.96. The molecule has 100 valence electrons. The Morgan fingerprint density at radius 1 is 0.882 bits per heavy atom. The van der Waals surface area contributed by atoms with Crippen LogP contribution in [0.15, 0.2) is 0 Å². The molecule has 0 bridgehead atoms. The number of rotatable bonds is 2. The number of hydrogen-bond acceptors (Lipinski definition) is 2. The maximum Gasteiger partial charge on any atom is 0.0127 e. The van der Waals surface area contributed by atoms with Crippen LogP contribution in [-0.4, -0.2) is 47.6 Å². The van der Waals surface area contributed by atoms with E-state index < -0.39 is 0 Å². The van der Waals surface area contributed by atoms with Crippen molar-refractivity contribution in [2.24, 2.45) is 5.41 Å². The Morgan fingerprint density at radius 3 is 1.82 bits per heavy atom. The Balaban J connectivity index is 1.99. The predicted molar refractivity (Wildman–Crippen MR) is 74.3 cm³/mol. The highest BCUT2D eigenvalue weighted by Gasteiger charge is 2.46. The van der Waals surface area contributed by atoms with Crippen molar-refractivity contribution in [2.75, 3.05) is 19.6 Å². The van der Waals surface area contributed by atoms with E-state index in [-0.39, 0.29) is 0 Å². The Bertz CT molecular complexity index is 252. The summed E-state index contributed by atoms with van der Waals surface area (Å²) >= 11 is 0. The molecule has 2 fully saturated rings. The van der Waals surface area contributed by atoms with Gasteiger partial charge in [0.15, 0.2) is 0 Å². The summed E-state index contributed by atoms with van der Waals surface area (Å²) in [6, 6.07) is 2.23. The zero-order valence-electron chi connectivity index (χ0n) is 12.4. The molecule has 1 spiro atoms. The molecule has 1 atom stereocenters. The Morgan fingerprint density at radius 2 is 1.41 bits per heavy atom. The van der Waals surface area contributed by atoms with Gasteiger partial charge in [-0.3, -0.25) is 4.90 Å². The molecule has 2 saturated heterocycles. The van der Waals surface area contributed by atoms with E-state index in [1.807, 2.05) is 0 Å². The van der Waals surface area contributed by atoms with E-state index in [0.29, 0.717) is 11.5 Å². The van der Waals surface area contributed by atoms with Crippen molar-refractivity contribution in [1.82, 2.24) is 9.80 Å². The molecule has 0 aliphatic carbocycles. The second-order valence-corrected chi connectivity index (χ2v) is 6.75. The summed E-state index contributed by atoms with van der Waals surface area (Å²) < 4.78 is 0. The fourth-order valence-electron chi connectivity index (χ4n) is 3.96.